The van der Waals surface area contributed by atoms with Crippen molar-refractivity contribution >= 4 is 46.3 Å². The van der Waals surface area contributed by atoms with Crippen molar-refractivity contribution in [1.82, 2.24) is 15.4 Å². The van der Waals surface area contributed by atoms with E-state index >= 15 is 0 Å². The van der Waals surface area contributed by atoms with Gasteiger partial charge in [0.15, 0.2) is 16.1 Å². The van der Waals surface area contributed by atoms with Crippen LogP contribution >= 0.6 is 24.0 Å². The van der Waals surface area contributed by atoms with Gasteiger partial charge < -0.3 is 15.8 Å². The van der Waals surface area contributed by atoms with Crippen molar-refractivity contribution in [2.24, 2.45) is 10.8 Å². The number of thiocarbonyl (C=S) groups is 1. The molecular weight excluding hydrogens is 478 g/mol. The van der Waals surface area contributed by atoms with E-state index in [4.69, 9.17) is 27.7 Å². The quantitative estimate of drug-likeness (QED) is 0.0850. The summed E-state index contributed by atoms with van der Waals surface area (Å²) in [5.74, 6) is 2.09. The van der Waals surface area contributed by atoms with Crippen molar-refractivity contribution in [3.63, 3.8) is 0 Å². The highest BCUT2D eigenvalue weighted by atomic mass is 32.2. The topological polar surface area (TPSA) is 121 Å². The molecule has 2 aromatic carbocycles. The first-order valence-corrected chi connectivity index (χ1v) is 12.4. The lowest BCUT2D eigenvalue weighted by molar-refractivity contribution is 0.415. The molecule has 0 amide bonds. The Bertz CT molecular complexity index is 1240. The third-order valence-corrected chi connectivity index (χ3v) is 6.02. The highest BCUT2D eigenvalue weighted by molar-refractivity contribution is 7.99. The van der Waals surface area contributed by atoms with E-state index in [1.165, 1.54) is 0 Å². The van der Waals surface area contributed by atoms with Crippen LogP contribution in [-0.2, 0) is 0 Å². The fraction of sp³-hybridized carbons (Fsp3) is 0.240. The molecule has 0 aliphatic rings. The maximum absolute atomic E-state index is 10.0. The number of nitrogens with zero attached hydrogens (tertiary/aromatic N) is 4. The first-order chi connectivity index (χ1) is 16.9. The van der Waals surface area contributed by atoms with Crippen molar-refractivity contribution < 1.29 is 4.74 Å². The molecule has 0 saturated carbocycles. The Morgan fingerprint density at radius 3 is 2.49 bits per heavy atom. The summed E-state index contributed by atoms with van der Waals surface area (Å²) < 4.78 is 5.27. The molecule has 3 aromatic rings. The van der Waals surface area contributed by atoms with E-state index in [0.29, 0.717) is 22.2 Å². The lowest BCUT2D eigenvalue weighted by Crippen LogP contribution is -2.25. The summed E-state index contributed by atoms with van der Waals surface area (Å²) in [6.45, 7) is 4.00. The van der Waals surface area contributed by atoms with Crippen LogP contribution in [0.5, 0.6) is 5.75 Å². The third kappa shape index (κ3) is 7.15. The average molecular weight is 506 g/mol. The predicted octanol–water partition coefficient (Wildman–Crippen LogP) is 5.22. The number of thioether (sulfide) groups is 1. The van der Waals surface area contributed by atoms with Gasteiger partial charge in [-0.05, 0) is 67.5 Å². The summed E-state index contributed by atoms with van der Waals surface area (Å²) in [4.78, 5) is 9.39. The molecule has 180 valence electrons. The number of aromatic nitrogens is 2. The molecule has 1 heterocycles. The van der Waals surface area contributed by atoms with Gasteiger partial charge in [-0.3, -0.25) is 5.43 Å². The van der Waals surface area contributed by atoms with E-state index in [1.54, 1.807) is 18.9 Å². The number of benzene rings is 2. The van der Waals surface area contributed by atoms with Crippen LogP contribution < -0.4 is 21.2 Å². The van der Waals surface area contributed by atoms with Crippen LogP contribution in [0.15, 0.2) is 58.8 Å². The molecule has 0 saturated heterocycles. The molecule has 0 aliphatic heterocycles. The number of nitriles is 1. The van der Waals surface area contributed by atoms with E-state index < -0.39 is 0 Å². The molecule has 1 aromatic heterocycles. The van der Waals surface area contributed by atoms with Gasteiger partial charge in [0, 0.05) is 17.0 Å². The molecule has 0 radical (unpaired) electrons. The summed E-state index contributed by atoms with van der Waals surface area (Å²) in [5.41, 5.74) is 12.2. The Kier molecular flexibility index (Phi) is 9.40. The van der Waals surface area contributed by atoms with Gasteiger partial charge in [0.2, 0.25) is 0 Å². The van der Waals surface area contributed by atoms with Crippen LogP contribution in [0, 0.1) is 11.3 Å². The number of hydrogen-bond donors (Lipinski definition) is 3. The average Bonchev–Trinajstić information content (AvgIpc) is 2.87. The molecule has 0 spiro atoms. The Morgan fingerprint density at radius 1 is 1.17 bits per heavy atom. The third-order valence-electron chi connectivity index (χ3n) is 4.99. The summed E-state index contributed by atoms with van der Waals surface area (Å²) in [6, 6.07) is 17.4. The Labute approximate surface area is 215 Å². The molecule has 4 N–H and O–H groups in total. The molecule has 0 atom stereocenters. The maximum atomic E-state index is 10.0. The zero-order valence-electron chi connectivity index (χ0n) is 19.8. The number of nitrogens with two attached hydrogens (primary N) is 1. The minimum Gasteiger partial charge on any atom is -0.497 e. The first kappa shape index (κ1) is 25.9. The van der Waals surface area contributed by atoms with Gasteiger partial charge in [0.1, 0.15) is 17.4 Å². The summed E-state index contributed by atoms with van der Waals surface area (Å²) in [6.07, 6.45) is 2.14. The number of nitrogens with one attached hydrogen (secondary N) is 2. The second kappa shape index (κ2) is 12.7. The number of ether oxygens (including phenoxy) is 1. The van der Waals surface area contributed by atoms with Crippen molar-refractivity contribution in [2.45, 2.75) is 31.8 Å². The van der Waals surface area contributed by atoms with Gasteiger partial charge in [-0.25, -0.2) is 9.97 Å². The van der Waals surface area contributed by atoms with Crippen LogP contribution in [0.4, 0.5) is 11.5 Å². The van der Waals surface area contributed by atoms with Crippen LogP contribution in [-0.4, -0.2) is 33.7 Å². The summed E-state index contributed by atoms with van der Waals surface area (Å²) >= 11 is 6.37. The Balaban J connectivity index is 1.96. The largest absolute Gasteiger partial charge is 0.497 e. The molecule has 0 bridgehead atoms. The second-order valence-electron chi connectivity index (χ2n) is 7.50. The molecule has 3 rings (SSSR count). The highest BCUT2D eigenvalue weighted by Crippen LogP contribution is 2.31. The standard InChI is InChI=1S/C25H27N7OS2/c1-4-5-14-35-25-29-22(18-8-12-20(33-3)13-9-18)21(15-26)23(30-25)28-19-10-6-17(7-11-19)16(2)31-32-24(27)34/h6-13H,4-5,14H2,1-3H3,(H3,27,32,34)(H,28,29,30)/b31-16+. The Hall–Kier alpha value is -3.68. The summed E-state index contributed by atoms with van der Waals surface area (Å²) in [5, 5.41) is 18.2. The van der Waals surface area contributed by atoms with E-state index in [2.05, 4.69) is 33.8 Å². The van der Waals surface area contributed by atoms with Crippen molar-refractivity contribution in [1.29, 1.82) is 5.26 Å². The van der Waals surface area contributed by atoms with Gasteiger partial charge in [0.05, 0.1) is 18.5 Å². The fourth-order valence-corrected chi connectivity index (χ4v) is 4.07. The number of unbranched alkanes of at least 4 members (excludes halogenated alkanes) is 1. The SMILES string of the molecule is CCCCSc1nc(Nc2ccc(/C(C)=N/NC(N)=S)cc2)c(C#N)c(-c2ccc(OC)cc2)n1. The molecule has 0 aliphatic carbocycles. The van der Waals surface area contributed by atoms with Gasteiger partial charge in [0.25, 0.3) is 0 Å². The molecule has 0 unspecified atom stereocenters. The molecule has 10 heteroatoms. The van der Waals surface area contributed by atoms with E-state index in [1.807, 2.05) is 55.5 Å². The molecule has 0 fully saturated rings. The summed E-state index contributed by atoms with van der Waals surface area (Å²) in [7, 11) is 1.62. The molecule has 35 heavy (non-hydrogen) atoms. The van der Waals surface area contributed by atoms with Gasteiger partial charge in [-0.2, -0.15) is 10.4 Å². The van der Waals surface area contributed by atoms with Gasteiger partial charge in [-0.1, -0.05) is 37.2 Å². The van der Waals surface area contributed by atoms with Crippen LogP contribution in [0.3, 0.4) is 0 Å². The number of hydrogen-bond acceptors (Lipinski definition) is 8. The van der Waals surface area contributed by atoms with Crippen molar-refractivity contribution in [3.8, 4) is 23.1 Å². The van der Waals surface area contributed by atoms with E-state index in [0.717, 1.165) is 46.9 Å². The van der Waals surface area contributed by atoms with Crippen molar-refractivity contribution in [2.75, 3.05) is 18.2 Å². The van der Waals surface area contributed by atoms with Crippen molar-refractivity contribution in [3.05, 3.63) is 59.7 Å². The van der Waals surface area contributed by atoms with Gasteiger partial charge in [-0.15, -0.1) is 0 Å². The fourth-order valence-electron chi connectivity index (χ4n) is 3.10. The smallest absolute Gasteiger partial charge is 0.190 e. The number of methoxy groups -OCH3 is 1. The normalized spacial score (nSPS) is 11.0. The van der Waals surface area contributed by atoms with Gasteiger partial charge >= 0.3 is 0 Å². The predicted molar refractivity (Wildman–Crippen MR) is 146 cm³/mol. The van der Waals surface area contributed by atoms with E-state index in [9.17, 15) is 5.26 Å². The minimum atomic E-state index is 0.107. The zero-order chi connectivity index (χ0) is 25.2. The monoisotopic (exact) mass is 505 g/mol. The lowest BCUT2D eigenvalue weighted by atomic mass is 10.1. The van der Waals surface area contributed by atoms with E-state index in [-0.39, 0.29) is 5.11 Å². The number of anilines is 2. The second-order valence-corrected chi connectivity index (χ2v) is 9.00. The van der Waals surface area contributed by atoms with Crippen LogP contribution in [0.1, 0.15) is 37.8 Å². The highest BCUT2D eigenvalue weighted by Gasteiger charge is 2.17. The molecular formula is C25H27N7OS2. The maximum Gasteiger partial charge on any atom is 0.190 e. The number of rotatable bonds is 10. The minimum absolute atomic E-state index is 0.107. The van der Waals surface area contributed by atoms with Crippen LogP contribution in [0.25, 0.3) is 11.3 Å². The molecule has 8 nitrogen and oxygen atoms in total. The first-order valence-electron chi connectivity index (χ1n) is 11.0. The van der Waals surface area contributed by atoms with Crippen LogP contribution in [0.2, 0.25) is 0 Å². The lowest BCUT2D eigenvalue weighted by Gasteiger charge is -2.13. The zero-order valence-corrected chi connectivity index (χ0v) is 21.5. The number of hydrazone groups is 1. The Morgan fingerprint density at radius 2 is 1.89 bits per heavy atom.